The molecule has 1 N–H and O–H groups in total. The molecular weight excluding hydrogens is 254 g/mol. The Kier molecular flexibility index (Phi) is 4.81. The molecular formula is C15H29NO2Si. The largest absolute Gasteiger partial charge is 0.409 e. The topological polar surface area (TPSA) is 41.8 Å². The lowest BCUT2D eigenvalue weighted by Gasteiger charge is -2.44. The van der Waals surface area contributed by atoms with Gasteiger partial charge in [-0.15, -0.1) is 0 Å². The van der Waals surface area contributed by atoms with Crippen molar-refractivity contribution in [3.63, 3.8) is 0 Å². The lowest BCUT2D eigenvalue weighted by molar-refractivity contribution is 0.0425. The van der Waals surface area contributed by atoms with E-state index in [1.165, 1.54) is 0 Å². The number of rotatable bonds is 5. The van der Waals surface area contributed by atoms with Gasteiger partial charge in [0.05, 0.1) is 12.7 Å². The molecule has 2 unspecified atom stereocenters. The van der Waals surface area contributed by atoms with E-state index in [9.17, 15) is 5.11 Å². The highest BCUT2D eigenvalue weighted by Crippen LogP contribution is 2.41. The first-order chi connectivity index (χ1) is 8.57. The van der Waals surface area contributed by atoms with E-state index in [-0.39, 0.29) is 17.7 Å². The van der Waals surface area contributed by atoms with Crippen LogP contribution in [0.25, 0.3) is 0 Å². The molecule has 1 rings (SSSR count). The minimum atomic E-state index is -1.92. The summed E-state index contributed by atoms with van der Waals surface area (Å²) in [6.07, 6.45) is 5.59. The molecule has 0 bridgehead atoms. The van der Waals surface area contributed by atoms with Gasteiger partial charge in [-0.25, -0.2) is 0 Å². The molecule has 0 aromatic heterocycles. The van der Waals surface area contributed by atoms with Crippen LogP contribution >= 0.6 is 0 Å². The number of aliphatic hydroxyl groups excluding tert-OH is 1. The lowest BCUT2D eigenvalue weighted by atomic mass is 9.82. The molecule has 0 amide bonds. The molecule has 110 valence electrons. The quantitative estimate of drug-likeness (QED) is 0.786. The molecule has 0 aromatic rings. The first kappa shape index (κ1) is 16.6. The van der Waals surface area contributed by atoms with Gasteiger partial charge < -0.3 is 9.53 Å². The highest BCUT2D eigenvalue weighted by Gasteiger charge is 2.47. The van der Waals surface area contributed by atoms with Gasteiger partial charge in [-0.3, -0.25) is 4.99 Å². The fraction of sp³-hybridized carbons (Fsp3) is 0.800. The van der Waals surface area contributed by atoms with Crippen molar-refractivity contribution in [1.82, 2.24) is 0 Å². The van der Waals surface area contributed by atoms with Gasteiger partial charge in [-0.2, -0.15) is 0 Å². The first-order valence-electron chi connectivity index (χ1n) is 7.08. The number of hydrogen-bond donors (Lipinski definition) is 1. The Hall–Kier alpha value is -0.453. The summed E-state index contributed by atoms with van der Waals surface area (Å²) in [6, 6.07) is 0. The SMILES string of the molecule is CC(C)C1(C(CO)O[Si](C)(C)C(C)(C)C)C=CC=N1. The van der Waals surface area contributed by atoms with Crippen molar-refractivity contribution in [2.45, 2.75) is 64.4 Å². The second-order valence-corrected chi connectivity index (χ2v) is 12.0. The summed E-state index contributed by atoms with van der Waals surface area (Å²) < 4.78 is 6.42. The summed E-state index contributed by atoms with van der Waals surface area (Å²) >= 11 is 0. The minimum Gasteiger partial charge on any atom is -0.409 e. The van der Waals surface area contributed by atoms with Crippen LogP contribution in [-0.2, 0) is 4.43 Å². The van der Waals surface area contributed by atoms with Crippen molar-refractivity contribution in [2.75, 3.05) is 6.61 Å². The van der Waals surface area contributed by atoms with E-state index in [0.717, 1.165) is 0 Å². The van der Waals surface area contributed by atoms with Gasteiger partial charge in [0.1, 0.15) is 5.54 Å². The summed E-state index contributed by atoms with van der Waals surface area (Å²) in [7, 11) is -1.92. The van der Waals surface area contributed by atoms with Crippen LogP contribution < -0.4 is 0 Å². The Morgan fingerprint density at radius 2 is 1.89 bits per heavy atom. The molecule has 3 nitrogen and oxygen atoms in total. The molecule has 19 heavy (non-hydrogen) atoms. The molecule has 4 heteroatoms. The maximum absolute atomic E-state index is 9.82. The molecule has 0 fully saturated rings. The van der Waals surface area contributed by atoms with Crippen LogP contribution in [-0.4, -0.2) is 37.9 Å². The Morgan fingerprint density at radius 1 is 1.32 bits per heavy atom. The predicted octanol–water partition coefficient (Wildman–Crippen LogP) is 3.40. The van der Waals surface area contributed by atoms with E-state index in [1.54, 1.807) is 0 Å². The van der Waals surface area contributed by atoms with Crippen molar-refractivity contribution in [2.24, 2.45) is 10.9 Å². The second-order valence-electron chi connectivity index (χ2n) is 7.23. The van der Waals surface area contributed by atoms with Gasteiger partial charge in [0.25, 0.3) is 0 Å². The zero-order valence-electron chi connectivity index (χ0n) is 13.4. The predicted molar refractivity (Wildman–Crippen MR) is 84.4 cm³/mol. The highest BCUT2D eigenvalue weighted by atomic mass is 28.4. The fourth-order valence-corrected chi connectivity index (χ4v) is 3.45. The van der Waals surface area contributed by atoms with Gasteiger partial charge in [0, 0.05) is 6.21 Å². The van der Waals surface area contributed by atoms with Crippen molar-refractivity contribution in [3.05, 3.63) is 12.2 Å². The summed E-state index contributed by atoms with van der Waals surface area (Å²) in [6.45, 7) is 15.3. The number of hydrogen-bond acceptors (Lipinski definition) is 3. The van der Waals surface area contributed by atoms with Gasteiger partial charge >= 0.3 is 0 Å². The average Bonchev–Trinajstić information content (AvgIpc) is 2.74. The van der Waals surface area contributed by atoms with E-state index in [1.807, 2.05) is 12.3 Å². The van der Waals surface area contributed by atoms with Gasteiger partial charge in [-0.1, -0.05) is 40.7 Å². The molecule has 2 atom stereocenters. The van der Waals surface area contributed by atoms with E-state index in [2.05, 4.69) is 58.8 Å². The Bertz CT molecular complexity index is 355. The van der Waals surface area contributed by atoms with Crippen molar-refractivity contribution < 1.29 is 9.53 Å². The van der Waals surface area contributed by atoms with Crippen LogP contribution in [0.4, 0.5) is 0 Å². The van der Waals surface area contributed by atoms with Crippen molar-refractivity contribution in [3.8, 4) is 0 Å². The smallest absolute Gasteiger partial charge is 0.192 e. The summed E-state index contributed by atoms with van der Waals surface area (Å²) in [4.78, 5) is 4.61. The molecule has 0 saturated heterocycles. The van der Waals surface area contributed by atoms with Crippen LogP contribution in [0.3, 0.4) is 0 Å². The van der Waals surface area contributed by atoms with Gasteiger partial charge in [-0.05, 0) is 30.1 Å². The van der Waals surface area contributed by atoms with Crippen LogP contribution in [0, 0.1) is 5.92 Å². The molecule has 0 radical (unpaired) electrons. The number of allylic oxidation sites excluding steroid dienone is 1. The molecule has 1 aliphatic heterocycles. The molecule has 0 aliphatic carbocycles. The van der Waals surface area contributed by atoms with E-state index < -0.39 is 13.9 Å². The summed E-state index contributed by atoms with van der Waals surface area (Å²) in [5.74, 6) is 0.296. The Balaban J connectivity index is 3.02. The third-order valence-corrected chi connectivity index (χ3v) is 9.08. The highest BCUT2D eigenvalue weighted by molar-refractivity contribution is 6.74. The zero-order chi connectivity index (χ0) is 14.9. The zero-order valence-corrected chi connectivity index (χ0v) is 14.4. The van der Waals surface area contributed by atoms with E-state index >= 15 is 0 Å². The van der Waals surface area contributed by atoms with E-state index in [0.29, 0.717) is 5.92 Å². The van der Waals surface area contributed by atoms with E-state index in [4.69, 9.17) is 4.43 Å². The minimum absolute atomic E-state index is 0.00632. The molecule has 1 aliphatic rings. The maximum Gasteiger partial charge on any atom is 0.192 e. The molecule has 0 aromatic carbocycles. The van der Waals surface area contributed by atoms with Gasteiger partial charge in [0.2, 0.25) is 0 Å². The third-order valence-electron chi connectivity index (χ3n) is 4.60. The van der Waals surface area contributed by atoms with Crippen LogP contribution in [0.1, 0.15) is 34.6 Å². The monoisotopic (exact) mass is 283 g/mol. The summed E-state index contributed by atoms with van der Waals surface area (Å²) in [5, 5.41) is 9.95. The Morgan fingerprint density at radius 3 is 2.21 bits per heavy atom. The maximum atomic E-state index is 9.82. The second kappa shape index (κ2) is 5.50. The first-order valence-corrected chi connectivity index (χ1v) is 9.99. The standard InChI is InChI=1S/C15H29NO2Si/c1-12(2)15(9-8-10-16-15)13(11-17)18-19(6,7)14(3,4)5/h8-10,12-13,17H,11H2,1-7H3. The summed E-state index contributed by atoms with van der Waals surface area (Å²) in [5.41, 5.74) is -0.412. The lowest BCUT2D eigenvalue weighted by Crippen LogP contribution is -2.54. The van der Waals surface area contributed by atoms with Gasteiger partial charge in [0.15, 0.2) is 8.32 Å². The molecule has 1 heterocycles. The Labute approximate surface area is 118 Å². The number of nitrogens with zero attached hydrogens (tertiary/aromatic N) is 1. The van der Waals surface area contributed by atoms with Crippen LogP contribution in [0.15, 0.2) is 17.1 Å². The number of aliphatic imine (C=N–C) groups is 1. The van der Waals surface area contributed by atoms with Crippen LogP contribution in [0.5, 0.6) is 0 Å². The molecule has 0 spiro atoms. The fourth-order valence-electron chi connectivity index (χ4n) is 2.13. The van der Waals surface area contributed by atoms with Crippen molar-refractivity contribution in [1.29, 1.82) is 0 Å². The average molecular weight is 283 g/mol. The third kappa shape index (κ3) is 3.18. The molecule has 0 saturated carbocycles. The normalized spacial score (nSPS) is 25.3. The van der Waals surface area contributed by atoms with Crippen molar-refractivity contribution >= 4 is 14.5 Å². The van der Waals surface area contributed by atoms with Crippen LogP contribution in [0.2, 0.25) is 18.1 Å². The number of aliphatic hydroxyl groups is 1.